The van der Waals surface area contributed by atoms with Crippen molar-refractivity contribution in [3.63, 3.8) is 0 Å². The van der Waals surface area contributed by atoms with Gasteiger partial charge in [-0.15, -0.1) is 0 Å². The second kappa shape index (κ2) is 4.19. The second-order valence-electron chi connectivity index (χ2n) is 3.47. The lowest BCUT2D eigenvalue weighted by Gasteiger charge is -2.16. The third-order valence-electron chi connectivity index (χ3n) is 2.03. The van der Waals surface area contributed by atoms with Gasteiger partial charge in [-0.1, -0.05) is 0 Å². The van der Waals surface area contributed by atoms with Crippen LogP contribution in [-0.2, 0) is 16.2 Å². The van der Waals surface area contributed by atoms with Gasteiger partial charge in [0.25, 0.3) is 0 Å². The van der Waals surface area contributed by atoms with Crippen LogP contribution < -0.4 is 0 Å². The smallest absolute Gasteiger partial charge is 0.417 e. The molecule has 0 saturated carbocycles. The lowest BCUT2D eigenvalue weighted by molar-refractivity contribution is -0.140. The van der Waals surface area contributed by atoms with Crippen LogP contribution in [0.1, 0.15) is 5.56 Å². The molecular formula is C9H10F3NO3S. The molecule has 0 heterocycles. The summed E-state index contributed by atoms with van der Waals surface area (Å²) in [6, 6.07) is 2.01. The van der Waals surface area contributed by atoms with Crippen molar-refractivity contribution >= 4 is 10.0 Å². The van der Waals surface area contributed by atoms with Gasteiger partial charge in [-0.25, -0.2) is 12.7 Å². The molecule has 0 aliphatic carbocycles. The Kier molecular flexibility index (Phi) is 3.40. The summed E-state index contributed by atoms with van der Waals surface area (Å²) in [6.45, 7) is 0. The van der Waals surface area contributed by atoms with E-state index in [1.165, 1.54) is 0 Å². The van der Waals surface area contributed by atoms with E-state index in [-0.39, 0.29) is 0 Å². The van der Waals surface area contributed by atoms with Gasteiger partial charge in [-0.05, 0) is 18.2 Å². The standard InChI is InChI=1S/C9H10F3NO3S/c1-13(2)17(15,16)8-4-3-6(14)5-7(8)9(10,11)12/h3-5,14H,1-2H3. The molecule has 0 fully saturated rings. The highest BCUT2D eigenvalue weighted by Gasteiger charge is 2.38. The number of hydrogen-bond acceptors (Lipinski definition) is 3. The zero-order chi connectivity index (χ0) is 13.4. The first-order valence-electron chi connectivity index (χ1n) is 4.39. The van der Waals surface area contributed by atoms with Gasteiger partial charge in [0.15, 0.2) is 0 Å². The molecule has 0 unspecified atom stereocenters. The number of hydrogen-bond donors (Lipinski definition) is 1. The van der Waals surface area contributed by atoms with Gasteiger partial charge in [0.2, 0.25) is 10.0 Å². The van der Waals surface area contributed by atoms with Gasteiger partial charge < -0.3 is 5.11 Å². The minimum atomic E-state index is -4.85. The quantitative estimate of drug-likeness (QED) is 0.888. The molecule has 0 aliphatic heterocycles. The summed E-state index contributed by atoms with van der Waals surface area (Å²) < 4.78 is 61.9. The predicted octanol–water partition coefficient (Wildman–Crippen LogP) is 1.66. The molecular weight excluding hydrogens is 259 g/mol. The Labute approximate surface area is 96.3 Å². The average molecular weight is 269 g/mol. The third-order valence-corrected chi connectivity index (χ3v) is 3.90. The minimum absolute atomic E-state index is 0.385. The second-order valence-corrected chi connectivity index (χ2v) is 5.59. The van der Waals surface area contributed by atoms with Crippen LogP contribution in [0.4, 0.5) is 13.2 Å². The lowest BCUT2D eigenvalue weighted by Crippen LogP contribution is -2.25. The highest BCUT2D eigenvalue weighted by atomic mass is 32.2. The SMILES string of the molecule is CN(C)S(=O)(=O)c1ccc(O)cc1C(F)(F)F. The van der Waals surface area contributed by atoms with Crippen LogP contribution in [0.25, 0.3) is 0 Å². The highest BCUT2D eigenvalue weighted by molar-refractivity contribution is 7.89. The molecule has 1 aromatic carbocycles. The largest absolute Gasteiger partial charge is 0.508 e. The van der Waals surface area contributed by atoms with Gasteiger partial charge in [-0.3, -0.25) is 0 Å². The van der Waals surface area contributed by atoms with E-state index in [9.17, 15) is 21.6 Å². The van der Waals surface area contributed by atoms with E-state index in [1.54, 1.807) is 0 Å². The Morgan fingerprint density at radius 2 is 1.76 bits per heavy atom. The molecule has 0 radical (unpaired) electrons. The lowest BCUT2D eigenvalue weighted by atomic mass is 10.2. The zero-order valence-corrected chi connectivity index (χ0v) is 9.80. The number of alkyl halides is 3. The fourth-order valence-corrected chi connectivity index (χ4v) is 2.25. The summed E-state index contributed by atoms with van der Waals surface area (Å²) >= 11 is 0. The van der Waals surface area contributed by atoms with Crippen molar-refractivity contribution in [3.8, 4) is 5.75 Å². The molecule has 0 spiro atoms. The first kappa shape index (κ1) is 13.8. The molecule has 0 bridgehead atoms. The summed E-state index contributed by atoms with van der Waals surface area (Å²) in [5, 5.41) is 9.00. The van der Waals surface area contributed by atoms with Crippen molar-refractivity contribution in [2.24, 2.45) is 0 Å². The molecule has 1 aromatic rings. The highest BCUT2D eigenvalue weighted by Crippen LogP contribution is 2.36. The van der Waals surface area contributed by atoms with Gasteiger partial charge >= 0.3 is 6.18 Å². The summed E-state index contributed by atoms with van der Waals surface area (Å²) in [5.74, 6) is -0.643. The maximum Gasteiger partial charge on any atom is 0.417 e. The maximum absolute atomic E-state index is 12.6. The first-order valence-corrected chi connectivity index (χ1v) is 5.83. The van der Waals surface area contributed by atoms with Crippen molar-refractivity contribution in [2.45, 2.75) is 11.1 Å². The molecule has 8 heteroatoms. The van der Waals surface area contributed by atoms with Crippen LogP contribution in [0.5, 0.6) is 5.75 Å². The maximum atomic E-state index is 12.6. The minimum Gasteiger partial charge on any atom is -0.508 e. The molecule has 1 rings (SSSR count). The number of rotatable bonds is 2. The van der Waals surface area contributed by atoms with Crippen LogP contribution in [0.15, 0.2) is 23.1 Å². The number of halogens is 3. The summed E-state index contributed by atoms with van der Waals surface area (Å²) in [4.78, 5) is -0.882. The molecule has 0 aliphatic rings. The molecule has 1 N–H and O–H groups in total. The van der Waals surface area contributed by atoms with Crippen LogP contribution >= 0.6 is 0 Å². The number of phenols is 1. The van der Waals surface area contributed by atoms with Crippen molar-refractivity contribution in [1.29, 1.82) is 0 Å². The Morgan fingerprint density at radius 1 is 1.24 bits per heavy atom. The monoisotopic (exact) mass is 269 g/mol. The van der Waals surface area contributed by atoms with E-state index in [0.717, 1.165) is 26.2 Å². The number of nitrogens with zero attached hydrogens (tertiary/aromatic N) is 1. The molecule has 96 valence electrons. The molecule has 4 nitrogen and oxygen atoms in total. The van der Waals surface area contributed by atoms with Gasteiger partial charge in [-0.2, -0.15) is 13.2 Å². The number of phenolic OH excluding ortho intramolecular Hbond substituents is 1. The van der Waals surface area contributed by atoms with Gasteiger partial charge in [0.1, 0.15) is 5.75 Å². The normalized spacial score (nSPS) is 13.1. The van der Waals surface area contributed by atoms with Crippen molar-refractivity contribution in [2.75, 3.05) is 14.1 Å². The van der Waals surface area contributed by atoms with Crippen LogP contribution in [0.2, 0.25) is 0 Å². The van der Waals surface area contributed by atoms with Gasteiger partial charge in [0.05, 0.1) is 10.5 Å². The summed E-state index contributed by atoms with van der Waals surface area (Å²) in [7, 11) is -1.95. The number of aromatic hydroxyl groups is 1. The van der Waals surface area contributed by atoms with Crippen molar-refractivity contribution < 1.29 is 26.7 Å². The average Bonchev–Trinajstić information content (AvgIpc) is 2.15. The van der Waals surface area contributed by atoms with Crippen LogP contribution in [0, 0.1) is 0 Å². The van der Waals surface area contributed by atoms with E-state index in [1.807, 2.05) is 0 Å². The first-order chi connectivity index (χ1) is 7.56. The van der Waals surface area contributed by atoms with Crippen molar-refractivity contribution in [3.05, 3.63) is 23.8 Å². The number of sulfonamides is 1. The van der Waals surface area contributed by atoms with Crippen LogP contribution in [0.3, 0.4) is 0 Å². The molecule has 0 atom stereocenters. The van der Waals surface area contributed by atoms with E-state index < -0.39 is 32.4 Å². The van der Waals surface area contributed by atoms with E-state index in [2.05, 4.69) is 0 Å². The molecule has 17 heavy (non-hydrogen) atoms. The molecule has 0 saturated heterocycles. The fourth-order valence-electron chi connectivity index (χ4n) is 1.16. The van der Waals surface area contributed by atoms with E-state index in [4.69, 9.17) is 5.11 Å². The predicted molar refractivity (Wildman–Crippen MR) is 54.0 cm³/mol. The topological polar surface area (TPSA) is 57.6 Å². The number of benzene rings is 1. The fraction of sp³-hybridized carbons (Fsp3) is 0.333. The zero-order valence-electron chi connectivity index (χ0n) is 8.99. The van der Waals surface area contributed by atoms with Crippen molar-refractivity contribution in [1.82, 2.24) is 4.31 Å². The van der Waals surface area contributed by atoms with E-state index in [0.29, 0.717) is 10.4 Å². The molecule has 0 amide bonds. The Bertz CT molecular complexity index is 523. The third kappa shape index (κ3) is 2.70. The Balaban J connectivity index is 3.56. The summed E-state index contributed by atoms with van der Waals surface area (Å²) in [5.41, 5.74) is -1.38. The van der Waals surface area contributed by atoms with E-state index >= 15 is 0 Å². The molecule has 0 aromatic heterocycles. The van der Waals surface area contributed by atoms with Crippen LogP contribution in [-0.4, -0.2) is 31.9 Å². The Hall–Kier alpha value is -1.28. The summed E-state index contributed by atoms with van der Waals surface area (Å²) in [6.07, 6.45) is -4.85. The Morgan fingerprint density at radius 3 is 2.18 bits per heavy atom. The van der Waals surface area contributed by atoms with Gasteiger partial charge in [0, 0.05) is 14.1 Å².